The number of ether oxygens (including phenoxy) is 1. The number of carbonyl (C=O) groups excluding carboxylic acids is 1. The fourth-order valence-electron chi connectivity index (χ4n) is 3.24. The zero-order valence-electron chi connectivity index (χ0n) is 17.2. The molecule has 4 rings (SSSR count). The molecular formula is C19H25N5O4S3. The van der Waals surface area contributed by atoms with Gasteiger partial charge in [-0.2, -0.15) is 4.31 Å². The minimum atomic E-state index is -3.61. The lowest BCUT2D eigenvalue weighted by Crippen LogP contribution is -2.35. The van der Waals surface area contributed by atoms with Crippen LogP contribution in [0.4, 0.5) is 10.8 Å². The quantitative estimate of drug-likeness (QED) is 0.523. The number of sulfonamides is 1. The first-order chi connectivity index (χ1) is 15.0. The van der Waals surface area contributed by atoms with Gasteiger partial charge in [-0.3, -0.25) is 4.79 Å². The lowest BCUT2D eigenvalue weighted by Gasteiger charge is -2.26. The van der Waals surface area contributed by atoms with Crippen molar-refractivity contribution >= 4 is 49.8 Å². The summed E-state index contributed by atoms with van der Waals surface area (Å²) >= 11 is 2.71. The van der Waals surface area contributed by atoms with Gasteiger partial charge in [-0.15, -0.1) is 10.2 Å². The minimum absolute atomic E-state index is 0.129. The predicted octanol–water partition coefficient (Wildman–Crippen LogP) is 3.03. The SMILES string of the molecule is COc1ccc(S(=O)(=O)N2CCCCC2)cc1NC(=O)CSc1nnc(NC2CC2)s1. The highest BCUT2D eigenvalue weighted by atomic mass is 32.2. The number of nitrogens with zero attached hydrogens (tertiary/aromatic N) is 3. The number of rotatable bonds is 9. The number of amides is 1. The second-order valence-corrected chi connectivity index (χ2v) is 11.6. The maximum Gasteiger partial charge on any atom is 0.243 e. The first-order valence-corrected chi connectivity index (χ1v) is 13.4. The Hall–Kier alpha value is -1.89. The molecule has 2 N–H and O–H groups in total. The molecule has 0 atom stereocenters. The van der Waals surface area contributed by atoms with E-state index in [0.29, 0.717) is 34.9 Å². The molecule has 0 unspecified atom stereocenters. The number of anilines is 2. The van der Waals surface area contributed by atoms with Gasteiger partial charge in [-0.1, -0.05) is 29.5 Å². The van der Waals surface area contributed by atoms with Gasteiger partial charge in [0.1, 0.15) is 5.75 Å². The van der Waals surface area contributed by atoms with Gasteiger partial charge in [0, 0.05) is 19.1 Å². The van der Waals surface area contributed by atoms with Gasteiger partial charge in [0.2, 0.25) is 21.1 Å². The van der Waals surface area contributed by atoms with Gasteiger partial charge < -0.3 is 15.4 Å². The number of carbonyl (C=O) groups is 1. The van der Waals surface area contributed by atoms with Gasteiger partial charge in [0.25, 0.3) is 0 Å². The number of benzene rings is 1. The van der Waals surface area contributed by atoms with Crippen LogP contribution < -0.4 is 15.4 Å². The summed E-state index contributed by atoms with van der Waals surface area (Å²) in [6.07, 6.45) is 5.07. The fraction of sp³-hybridized carbons (Fsp3) is 0.526. The summed E-state index contributed by atoms with van der Waals surface area (Å²) in [5.74, 6) is 0.259. The first kappa shape index (κ1) is 22.3. The van der Waals surface area contributed by atoms with Crippen molar-refractivity contribution in [2.45, 2.75) is 47.4 Å². The Kier molecular flexibility index (Phi) is 6.99. The van der Waals surface area contributed by atoms with Crippen LogP contribution in [0.2, 0.25) is 0 Å². The van der Waals surface area contributed by atoms with Gasteiger partial charge in [0.15, 0.2) is 4.34 Å². The van der Waals surface area contributed by atoms with Crippen molar-refractivity contribution in [1.82, 2.24) is 14.5 Å². The van der Waals surface area contributed by atoms with Crippen LogP contribution in [0.25, 0.3) is 0 Å². The normalized spacial score (nSPS) is 17.3. The van der Waals surface area contributed by atoms with Crippen LogP contribution in [0, 0.1) is 0 Å². The maximum absolute atomic E-state index is 13.0. The van der Waals surface area contributed by atoms with E-state index in [4.69, 9.17) is 4.74 Å². The molecule has 1 aliphatic carbocycles. The molecule has 1 aliphatic heterocycles. The molecule has 0 spiro atoms. The lowest BCUT2D eigenvalue weighted by molar-refractivity contribution is -0.113. The third-order valence-electron chi connectivity index (χ3n) is 5.04. The van der Waals surface area contributed by atoms with E-state index in [2.05, 4.69) is 20.8 Å². The largest absolute Gasteiger partial charge is 0.495 e. The monoisotopic (exact) mass is 483 g/mol. The van der Waals surface area contributed by atoms with Crippen molar-refractivity contribution in [3.8, 4) is 5.75 Å². The van der Waals surface area contributed by atoms with Crippen LogP contribution in [0.1, 0.15) is 32.1 Å². The number of thioether (sulfide) groups is 1. The zero-order chi connectivity index (χ0) is 21.8. The Bertz CT molecular complexity index is 1030. The number of nitrogens with one attached hydrogen (secondary N) is 2. The Balaban J connectivity index is 1.40. The standard InChI is InChI=1S/C19H25N5O4S3/c1-28-16-8-7-14(31(26,27)24-9-3-2-4-10-24)11-15(16)21-17(25)12-29-19-23-22-18(30-19)20-13-5-6-13/h7-8,11,13H,2-6,9-10,12H2,1H3,(H,20,22)(H,21,25). The summed E-state index contributed by atoms with van der Waals surface area (Å²) in [5, 5.41) is 15.0. The summed E-state index contributed by atoms with van der Waals surface area (Å²) in [4.78, 5) is 12.7. The molecule has 0 bridgehead atoms. The van der Waals surface area contributed by atoms with E-state index in [0.717, 1.165) is 37.2 Å². The average molecular weight is 484 g/mol. The van der Waals surface area contributed by atoms with Crippen molar-refractivity contribution in [1.29, 1.82) is 0 Å². The van der Waals surface area contributed by atoms with Crippen molar-refractivity contribution < 1.29 is 17.9 Å². The van der Waals surface area contributed by atoms with Gasteiger partial charge in [-0.05, 0) is 43.9 Å². The van der Waals surface area contributed by atoms with Gasteiger partial charge in [0.05, 0.1) is 23.4 Å². The molecule has 2 aromatic rings. The summed E-state index contributed by atoms with van der Waals surface area (Å²) in [6, 6.07) is 5.05. The van der Waals surface area contributed by atoms with Crippen LogP contribution in [0.5, 0.6) is 5.75 Å². The smallest absolute Gasteiger partial charge is 0.243 e. The van der Waals surface area contributed by atoms with Crippen LogP contribution in [-0.2, 0) is 14.8 Å². The Labute approximate surface area is 190 Å². The molecule has 9 nitrogen and oxygen atoms in total. The van der Waals surface area contributed by atoms with E-state index in [1.165, 1.54) is 46.6 Å². The lowest BCUT2D eigenvalue weighted by atomic mass is 10.2. The zero-order valence-corrected chi connectivity index (χ0v) is 19.6. The van der Waals surface area contributed by atoms with Gasteiger partial charge in [-0.25, -0.2) is 8.42 Å². The second-order valence-electron chi connectivity index (χ2n) is 7.46. The van der Waals surface area contributed by atoms with E-state index in [9.17, 15) is 13.2 Å². The van der Waals surface area contributed by atoms with E-state index in [1.807, 2.05) is 0 Å². The van der Waals surface area contributed by atoms with E-state index < -0.39 is 10.0 Å². The van der Waals surface area contributed by atoms with E-state index in [-0.39, 0.29) is 16.6 Å². The highest BCUT2D eigenvalue weighted by molar-refractivity contribution is 8.01. The summed E-state index contributed by atoms with van der Waals surface area (Å²) in [7, 11) is -2.12. The van der Waals surface area contributed by atoms with Crippen molar-refractivity contribution in [3.05, 3.63) is 18.2 Å². The number of aromatic nitrogens is 2. The van der Waals surface area contributed by atoms with Crippen LogP contribution in [0.15, 0.2) is 27.4 Å². The van der Waals surface area contributed by atoms with Gasteiger partial charge >= 0.3 is 0 Å². The number of methoxy groups -OCH3 is 1. The summed E-state index contributed by atoms with van der Waals surface area (Å²) < 4.78 is 33.4. The summed E-state index contributed by atoms with van der Waals surface area (Å²) in [6.45, 7) is 1.04. The molecule has 0 radical (unpaired) electrons. The third kappa shape index (κ3) is 5.68. The molecule has 168 valence electrons. The Morgan fingerprint density at radius 3 is 2.74 bits per heavy atom. The molecule has 1 aromatic heterocycles. The molecule has 1 saturated carbocycles. The minimum Gasteiger partial charge on any atom is -0.495 e. The molecule has 1 saturated heterocycles. The average Bonchev–Trinajstić information content (AvgIpc) is 3.48. The molecular weight excluding hydrogens is 458 g/mol. The maximum atomic E-state index is 13.0. The van der Waals surface area contributed by atoms with Crippen molar-refractivity contribution in [3.63, 3.8) is 0 Å². The third-order valence-corrected chi connectivity index (χ3v) is 8.92. The topological polar surface area (TPSA) is 114 Å². The van der Waals surface area contributed by atoms with Crippen molar-refractivity contribution in [2.24, 2.45) is 0 Å². The van der Waals surface area contributed by atoms with E-state index in [1.54, 1.807) is 6.07 Å². The second kappa shape index (κ2) is 9.72. The fourth-order valence-corrected chi connectivity index (χ4v) is 6.41. The first-order valence-electron chi connectivity index (χ1n) is 10.2. The predicted molar refractivity (Wildman–Crippen MR) is 122 cm³/mol. The van der Waals surface area contributed by atoms with E-state index >= 15 is 0 Å². The Morgan fingerprint density at radius 1 is 1.26 bits per heavy atom. The molecule has 1 amide bonds. The van der Waals surface area contributed by atoms with Crippen LogP contribution in [-0.4, -0.2) is 60.8 Å². The molecule has 2 fully saturated rings. The highest BCUT2D eigenvalue weighted by Gasteiger charge is 2.27. The number of piperidine rings is 1. The highest BCUT2D eigenvalue weighted by Crippen LogP contribution is 2.32. The summed E-state index contributed by atoms with van der Waals surface area (Å²) in [5.41, 5.74) is 0.333. The molecule has 31 heavy (non-hydrogen) atoms. The molecule has 12 heteroatoms. The molecule has 1 aromatic carbocycles. The molecule has 2 heterocycles. The Morgan fingerprint density at radius 2 is 2.03 bits per heavy atom. The number of hydrogen-bond acceptors (Lipinski definition) is 9. The number of hydrogen-bond donors (Lipinski definition) is 2. The van der Waals surface area contributed by atoms with Crippen molar-refractivity contribution in [2.75, 3.05) is 36.6 Å². The van der Waals surface area contributed by atoms with Crippen LogP contribution >= 0.6 is 23.1 Å². The van der Waals surface area contributed by atoms with Crippen LogP contribution in [0.3, 0.4) is 0 Å². The molecule has 2 aliphatic rings.